The molecule has 0 radical (unpaired) electrons. The maximum absolute atomic E-state index is 12.8. The van der Waals surface area contributed by atoms with Crippen LogP contribution in [0.1, 0.15) is 19.4 Å². The summed E-state index contributed by atoms with van der Waals surface area (Å²) >= 11 is 5.98. The molecule has 5 nitrogen and oxygen atoms in total. The third kappa shape index (κ3) is 4.17. The maximum atomic E-state index is 12.8. The Balaban J connectivity index is 2.21. The quantitative estimate of drug-likeness (QED) is 0.893. The van der Waals surface area contributed by atoms with Crippen LogP contribution in [0.25, 0.3) is 0 Å². The molecule has 7 heteroatoms. The molecule has 1 aromatic rings. The van der Waals surface area contributed by atoms with Crippen LogP contribution in [0.15, 0.2) is 24.3 Å². The van der Waals surface area contributed by atoms with E-state index in [9.17, 15) is 8.42 Å². The number of nitrogens with zero attached hydrogens (tertiary/aromatic N) is 2. The molecular weight excluding hydrogens is 310 g/mol. The molecule has 0 aliphatic carbocycles. The predicted octanol–water partition coefficient (Wildman–Crippen LogP) is 1.70. The molecule has 118 valence electrons. The summed E-state index contributed by atoms with van der Waals surface area (Å²) in [4.78, 5) is 0. The highest BCUT2D eigenvalue weighted by atomic mass is 35.5. The first-order chi connectivity index (χ1) is 9.91. The molecule has 0 amide bonds. The standard InChI is InChI=1S/C14H22ClN3O2S/c1-12(2)18(11-13-4-3-5-14(15)10-13)21(19,20)17-8-6-16-7-9-17/h3-5,10,12,16H,6-9,11H2,1-2H3. The Morgan fingerprint density at radius 1 is 1.33 bits per heavy atom. The highest BCUT2D eigenvalue weighted by Crippen LogP contribution is 2.19. The minimum Gasteiger partial charge on any atom is -0.314 e. The number of hydrogen-bond acceptors (Lipinski definition) is 3. The normalized spacial score (nSPS) is 17.6. The lowest BCUT2D eigenvalue weighted by Crippen LogP contribution is -2.53. The molecule has 0 bridgehead atoms. The van der Waals surface area contributed by atoms with E-state index in [1.807, 2.05) is 32.0 Å². The van der Waals surface area contributed by atoms with Gasteiger partial charge >= 0.3 is 0 Å². The molecule has 1 saturated heterocycles. The van der Waals surface area contributed by atoms with E-state index in [4.69, 9.17) is 11.6 Å². The highest BCUT2D eigenvalue weighted by Gasteiger charge is 2.32. The van der Waals surface area contributed by atoms with Crippen molar-refractivity contribution in [3.8, 4) is 0 Å². The first-order valence-electron chi connectivity index (χ1n) is 7.13. The largest absolute Gasteiger partial charge is 0.314 e. The molecule has 0 saturated carbocycles. The molecule has 1 aliphatic rings. The van der Waals surface area contributed by atoms with Crippen LogP contribution in [0, 0.1) is 0 Å². The molecule has 0 spiro atoms. The fraction of sp³-hybridized carbons (Fsp3) is 0.571. The Morgan fingerprint density at radius 2 is 2.00 bits per heavy atom. The second-order valence-corrected chi connectivity index (χ2v) is 7.74. The number of benzene rings is 1. The predicted molar refractivity (Wildman–Crippen MR) is 85.5 cm³/mol. The van der Waals surface area contributed by atoms with Crippen LogP contribution in [-0.2, 0) is 16.8 Å². The molecular formula is C14H22ClN3O2S. The zero-order valence-electron chi connectivity index (χ0n) is 12.4. The minimum absolute atomic E-state index is 0.108. The van der Waals surface area contributed by atoms with Crippen LogP contribution in [0.3, 0.4) is 0 Å². The summed E-state index contributed by atoms with van der Waals surface area (Å²) in [6.07, 6.45) is 0. The van der Waals surface area contributed by atoms with Gasteiger partial charge in [0.2, 0.25) is 0 Å². The van der Waals surface area contributed by atoms with Crippen molar-refractivity contribution in [3.63, 3.8) is 0 Å². The summed E-state index contributed by atoms with van der Waals surface area (Å²) in [6.45, 7) is 6.55. The van der Waals surface area contributed by atoms with E-state index in [0.717, 1.165) is 5.56 Å². The number of nitrogens with one attached hydrogen (secondary N) is 1. The van der Waals surface area contributed by atoms with E-state index in [0.29, 0.717) is 37.7 Å². The Hall–Kier alpha value is -0.660. The Labute approximate surface area is 132 Å². The van der Waals surface area contributed by atoms with Crippen LogP contribution >= 0.6 is 11.6 Å². The van der Waals surface area contributed by atoms with Crippen LogP contribution in [0.4, 0.5) is 0 Å². The summed E-state index contributed by atoms with van der Waals surface area (Å²) in [5.74, 6) is 0. The number of hydrogen-bond donors (Lipinski definition) is 1. The average molecular weight is 332 g/mol. The van der Waals surface area contributed by atoms with Gasteiger partial charge < -0.3 is 5.32 Å². The van der Waals surface area contributed by atoms with Crippen molar-refractivity contribution < 1.29 is 8.42 Å². The number of halogens is 1. The van der Waals surface area contributed by atoms with Crippen LogP contribution in [0.5, 0.6) is 0 Å². The molecule has 1 aromatic carbocycles. The van der Waals surface area contributed by atoms with Gasteiger partial charge in [0.1, 0.15) is 0 Å². The molecule has 0 aromatic heterocycles. The first kappa shape index (κ1) is 16.7. The van der Waals surface area contributed by atoms with Gasteiger partial charge in [0, 0.05) is 43.8 Å². The van der Waals surface area contributed by atoms with Crippen molar-refractivity contribution in [3.05, 3.63) is 34.9 Å². The Bertz CT molecular complexity index is 571. The fourth-order valence-electron chi connectivity index (χ4n) is 2.37. The van der Waals surface area contributed by atoms with E-state index in [2.05, 4.69) is 5.32 Å². The van der Waals surface area contributed by atoms with Crippen molar-refractivity contribution >= 4 is 21.8 Å². The lowest BCUT2D eigenvalue weighted by molar-refractivity contribution is 0.283. The van der Waals surface area contributed by atoms with Gasteiger partial charge in [-0.3, -0.25) is 0 Å². The first-order valence-corrected chi connectivity index (χ1v) is 8.91. The summed E-state index contributed by atoms with van der Waals surface area (Å²) in [6, 6.07) is 7.23. The molecule has 1 N–H and O–H groups in total. The van der Waals surface area contributed by atoms with Gasteiger partial charge in [-0.05, 0) is 31.5 Å². The van der Waals surface area contributed by atoms with Crippen LogP contribution in [-0.4, -0.2) is 49.2 Å². The lowest BCUT2D eigenvalue weighted by Gasteiger charge is -2.34. The summed E-state index contributed by atoms with van der Waals surface area (Å²) < 4.78 is 28.7. The summed E-state index contributed by atoms with van der Waals surface area (Å²) in [5.41, 5.74) is 0.898. The van der Waals surface area contributed by atoms with Gasteiger partial charge in [0.25, 0.3) is 10.2 Å². The maximum Gasteiger partial charge on any atom is 0.282 e. The van der Waals surface area contributed by atoms with Crippen molar-refractivity contribution in [2.24, 2.45) is 0 Å². The molecule has 0 unspecified atom stereocenters. The molecule has 2 rings (SSSR count). The third-order valence-electron chi connectivity index (χ3n) is 3.50. The van der Waals surface area contributed by atoms with Crippen LogP contribution in [0.2, 0.25) is 5.02 Å². The van der Waals surface area contributed by atoms with Gasteiger partial charge in [-0.25, -0.2) is 0 Å². The SMILES string of the molecule is CC(C)N(Cc1cccc(Cl)c1)S(=O)(=O)N1CCNCC1. The van der Waals surface area contributed by atoms with E-state index in [-0.39, 0.29) is 6.04 Å². The molecule has 1 heterocycles. The van der Waals surface area contributed by atoms with Gasteiger partial charge in [0.15, 0.2) is 0 Å². The van der Waals surface area contributed by atoms with E-state index < -0.39 is 10.2 Å². The number of rotatable bonds is 5. The highest BCUT2D eigenvalue weighted by molar-refractivity contribution is 7.86. The topological polar surface area (TPSA) is 52.7 Å². The number of piperazine rings is 1. The van der Waals surface area contributed by atoms with E-state index in [1.165, 1.54) is 4.31 Å². The second kappa shape index (κ2) is 7.07. The fourth-order valence-corrected chi connectivity index (χ4v) is 4.37. The summed E-state index contributed by atoms with van der Waals surface area (Å²) in [5, 5.41) is 3.79. The van der Waals surface area contributed by atoms with E-state index in [1.54, 1.807) is 10.4 Å². The lowest BCUT2D eigenvalue weighted by atomic mass is 10.2. The van der Waals surface area contributed by atoms with E-state index >= 15 is 0 Å². The monoisotopic (exact) mass is 331 g/mol. The van der Waals surface area contributed by atoms with Crippen molar-refractivity contribution in [2.45, 2.75) is 26.4 Å². The van der Waals surface area contributed by atoms with Crippen LogP contribution < -0.4 is 5.32 Å². The Morgan fingerprint density at radius 3 is 2.57 bits per heavy atom. The van der Waals surface area contributed by atoms with Gasteiger partial charge in [-0.2, -0.15) is 17.0 Å². The van der Waals surface area contributed by atoms with Crippen molar-refractivity contribution in [2.75, 3.05) is 26.2 Å². The molecule has 0 atom stereocenters. The molecule has 1 fully saturated rings. The zero-order valence-corrected chi connectivity index (χ0v) is 14.0. The van der Waals surface area contributed by atoms with Gasteiger partial charge in [0.05, 0.1) is 0 Å². The van der Waals surface area contributed by atoms with Crippen molar-refractivity contribution in [1.82, 2.24) is 13.9 Å². The van der Waals surface area contributed by atoms with Crippen molar-refractivity contribution in [1.29, 1.82) is 0 Å². The summed E-state index contributed by atoms with van der Waals surface area (Å²) in [7, 11) is -3.45. The smallest absolute Gasteiger partial charge is 0.282 e. The Kier molecular flexibility index (Phi) is 5.62. The molecule has 21 heavy (non-hydrogen) atoms. The average Bonchev–Trinajstić information content (AvgIpc) is 2.45. The zero-order chi connectivity index (χ0) is 15.5. The second-order valence-electron chi connectivity index (χ2n) is 5.43. The van der Waals surface area contributed by atoms with Gasteiger partial charge in [-0.15, -0.1) is 0 Å². The molecule has 1 aliphatic heterocycles. The van der Waals surface area contributed by atoms with Gasteiger partial charge in [-0.1, -0.05) is 23.7 Å². The minimum atomic E-state index is -3.45. The third-order valence-corrected chi connectivity index (χ3v) is 5.90.